The maximum absolute atomic E-state index is 8.98. The third kappa shape index (κ3) is 2.84. The van der Waals surface area contributed by atoms with E-state index in [0.29, 0.717) is 25.9 Å². The van der Waals surface area contributed by atoms with Crippen LogP contribution in [-0.2, 0) is 6.61 Å². The average Bonchev–Trinajstić information content (AvgIpc) is 2.65. The Kier molecular flexibility index (Phi) is 4.12. The number of aliphatic hydroxyl groups excluding tert-OH is 1. The Morgan fingerprint density at radius 1 is 1.29 bits per heavy atom. The van der Waals surface area contributed by atoms with Crippen LogP contribution in [0.3, 0.4) is 0 Å². The molecule has 0 amide bonds. The Labute approximate surface area is 117 Å². The first-order valence-electron chi connectivity index (χ1n) is 4.49. The molecule has 90 valence electrons. The second-order valence-corrected chi connectivity index (χ2v) is 5.20. The highest BCUT2D eigenvalue weighted by atomic mass is 35.5. The molecule has 17 heavy (non-hydrogen) atoms. The molecule has 0 spiro atoms. The standard InChI is InChI=1S/C10H6Cl3NO2S/c11-5-2-1-3-6(8(5)12)16-10-14-9(13)7(4-15)17-10/h1-3,15H,4H2. The Morgan fingerprint density at radius 2 is 2.06 bits per heavy atom. The number of hydrogen-bond donors (Lipinski definition) is 1. The van der Waals surface area contributed by atoms with Crippen LogP contribution in [0.4, 0.5) is 0 Å². The maximum atomic E-state index is 8.98. The smallest absolute Gasteiger partial charge is 0.280 e. The first-order valence-corrected chi connectivity index (χ1v) is 6.44. The molecule has 0 atom stereocenters. The Hall–Kier alpha value is -0.520. The number of rotatable bonds is 3. The largest absolute Gasteiger partial charge is 0.429 e. The highest BCUT2D eigenvalue weighted by molar-refractivity contribution is 7.13. The van der Waals surface area contributed by atoms with Crippen LogP contribution in [0.2, 0.25) is 15.2 Å². The topological polar surface area (TPSA) is 42.4 Å². The lowest BCUT2D eigenvalue weighted by Gasteiger charge is -2.04. The van der Waals surface area contributed by atoms with Crippen LogP contribution >= 0.6 is 46.1 Å². The number of halogens is 3. The minimum absolute atomic E-state index is 0.177. The van der Waals surface area contributed by atoms with Crippen molar-refractivity contribution in [3.63, 3.8) is 0 Å². The molecule has 0 fully saturated rings. The van der Waals surface area contributed by atoms with Gasteiger partial charge in [0.1, 0.15) is 15.9 Å². The summed E-state index contributed by atoms with van der Waals surface area (Å²) in [7, 11) is 0. The lowest BCUT2D eigenvalue weighted by Crippen LogP contribution is -1.84. The van der Waals surface area contributed by atoms with E-state index in [1.165, 1.54) is 0 Å². The molecule has 0 saturated carbocycles. The second kappa shape index (κ2) is 5.42. The molecule has 1 aromatic heterocycles. The molecule has 0 bridgehead atoms. The van der Waals surface area contributed by atoms with E-state index in [2.05, 4.69) is 4.98 Å². The van der Waals surface area contributed by atoms with Gasteiger partial charge in [-0.25, -0.2) is 0 Å². The van der Waals surface area contributed by atoms with E-state index in [1.807, 2.05) is 0 Å². The van der Waals surface area contributed by atoms with Crippen LogP contribution in [0.25, 0.3) is 0 Å². The number of nitrogens with zero attached hydrogens (tertiary/aromatic N) is 1. The summed E-state index contributed by atoms with van der Waals surface area (Å²) in [6, 6.07) is 5.04. The number of benzene rings is 1. The lowest BCUT2D eigenvalue weighted by atomic mass is 10.3. The molecule has 0 saturated heterocycles. The number of hydrogen-bond acceptors (Lipinski definition) is 4. The number of aliphatic hydroxyl groups is 1. The molecule has 1 aromatic carbocycles. The molecule has 1 heterocycles. The molecular weight excluding hydrogens is 305 g/mol. The predicted octanol–water partition coefficient (Wildman–Crippen LogP) is 4.39. The predicted molar refractivity (Wildman–Crippen MR) is 69.6 cm³/mol. The summed E-state index contributed by atoms with van der Waals surface area (Å²) in [4.78, 5) is 4.49. The third-order valence-electron chi connectivity index (χ3n) is 1.89. The van der Waals surface area contributed by atoms with Crippen LogP contribution in [0, 0.1) is 0 Å². The van der Waals surface area contributed by atoms with E-state index >= 15 is 0 Å². The van der Waals surface area contributed by atoms with E-state index in [9.17, 15) is 0 Å². The van der Waals surface area contributed by atoms with Gasteiger partial charge in [0.2, 0.25) is 0 Å². The van der Waals surface area contributed by atoms with Crippen molar-refractivity contribution in [2.75, 3.05) is 0 Å². The van der Waals surface area contributed by atoms with Crippen molar-refractivity contribution >= 4 is 46.1 Å². The van der Waals surface area contributed by atoms with E-state index in [4.69, 9.17) is 44.6 Å². The van der Waals surface area contributed by atoms with Gasteiger partial charge in [0.15, 0.2) is 0 Å². The van der Waals surface area contributed by atoms with E-state index in [0.717, 1.165) is 11.3 Å². The van der Waals surface area contributed by atoms with Crippen molar-refractivity contribution in [1.29, 1.82) is 0 Å². The van der Waals surface area contributed by atoms with Crippen LogP contribution in [-0.4, -0.2) is 10.1 Å². The summed E-state index contributed by atoms with van der Waals surface area (Å²) >= 11 is 18.7. The molecule has 1 N–H and O–H groups in total. The molecule has 0 aliphatic rings. The molecular formula is C10H6Cl3NO2S. The quantitative estimate of drug-likeness (QED) is 0.914. The number of thiazole rings is 1. The lowest BCUT2D eigenvalue weighted by molar-refractivity contribution is 0.285. The van der Waals surface area contributed by atoms with Crippen LogP contribution < -0.4 is 4.74 Å². The van der Waals surface area contributed by atoms with Gasteiger partial charge in [-0.1, -0.05) is 52.2 Å². The normalized spacial score (nSPS) is 10.6. The van der Waals surface area contributed by atoms with Crippen LogP contribution in [0.15, 0.2) is 18.2 Å². The van der Waals surface area contributed by atoms with Crippen molar-refractivity contribution in [2.45, 2.75) is 6.61 Å². The van der Waals surface area contributed by atoms with Gasteiger partial charge in [-0.05, 0) is 12.1 Å². The van der Waals surface area contributed by atoms with Gasteiger partial charge < -0.3 is 9.84 Å². The molecule has 0 radical (unpaired) electrons. The summed E-state index contributed by atoms with van der Waals surface area (Å²) < 4.78 is 5.45. The van der Waals surface area contributed by atoms with Crippen LogP contribution in [0.5, 0.6) is 10.9 Å². The maximum Gasteiger partial charge on any atom is 0.280 e. The summed E-state index contributed by atoms with van der Waals surface area (Å²) in [5.74, 6) is 0.397. The molecule has 3 nitrogen and oxygen atoms in total. The fraction of sp³-hybridized carbons (Fsp3) is 0.100. The number of aromatic nitrogens is 1. The zero-order valence-electron chi connectivity index (χ0n) is 8.28. The summed E-state index contributed by atoms with van der Waals surface area (Å²) in [5.41, 5.74) is 0. The first-order chi connectivity index (χ1) is 8.11. The monoisotopic (exact) mass is 309 g/mol. The fourth-order valence-electron chi connectivity index (χ4n) is 1.11. The summed E-state index contributed by atoms with van der Waals surface area (Å²) in [5, 5.41) is 10.2. The summed E-state index contributed by atoms with van der Waals surface area (Å²) in [6.45, 7) is -0.177. The van der Waals surface area contributed by atoms with E-state index < -0.39 is 0 Å². The molecule has 0 aliphatic heterocycles. The Bertz CT molecular complexity index is 544. The highest BCUT2D eigenvalue weighted by Crippen LogP contribution is 2.37. The van der Waals surface area contributed by atoms with Gasteiger partial charge >= 0.3 is 0 Å². The third-order valence-corrected chi connectivity index (χ3v) is 4.03. The van der Waals surface area contributed by atoms with Gasteiger partial charge in [0.25, 0.3) is 5.19 Å². The van der Waals surface area contributed by atoms with Crippen molar-refractivity contribution in [2.24, 2.45) is 0 Å². The molecule has 0 unspecified atom stereocenters. The zero-order chi connectivity index (χ0) is 12.4. The molecule has 0 aliphatic carbocycles. The van der Waals surface area contributed by atoms with Gasteiger partial charge in [0, 0.05) is 0 Å². The minimum Gasteiger partial charge on any atom is -0.429 e. The van der Waals surface area contributed by atoms with Gasteiger partial charge in [-0.15, -0.1) is 0 Å². The van der Waals surface area contributed by atoms with Crippen molar-refractivity contribution in [3.8, 4) is 10.9 Å². The SMILES string of the molecule is OCc1sc(Oc2cccc(Cl)c2Cl)nc1Cl. The van der Waals surface area contributed by atoms with E-state index in [-0.39, 0.29) is 11.8 Å². The Balaban J connectivity index is 2.28. The molecule has 2 rings (SSSR count). The van der Waals surface area contributed by atoms with Crippen molar-refractivity contribution in [1.82, 2.24) is 4.98 Å². The molecule has 7 heteroatoms. The number of ether oxygens (including phenoxy) is 1. The zero-order valence-corrected chi connectivity index (χ0v) is 11.4. The van der Waals surface area contributed by atoms with E-state index in [1.54, 1.807) is 18.2 Å². The van der Waals surface area contributed by atoms with Gasteiger partial charge in [-0.3, -0.25) is 0 Å². The van der Waals surface area contributed by atoms with Crippen molar-refractivity contribution < 1.29 is 9.84 Å². The Morgan fingerprint density at radius 3 is 2.71 bits per heavy atom. The highest BCUT2D eigenvalue weighted by Gasteiger charge is 2.12. The molecule has 2 aromatic rings. The minimum atomic E-state index is -0.177. The van der Waals surface area contributed by atoms with Gasteiger partial charge in [0.05, 0.1) is 16.5 Å². The first kappa shape index (κ1) is 12.9. The van der Waals surface area contributed by atoms with Crippen molar-refractivity contribution in [3.05, 3.63) is 38.3 Å². The second-order valence-electron chi connectivity index (χ2n) is 3.01. The average molecular weight is 311 g/mol. The van der Waals surface area contributed by atoms with Crippen LogP contribution in [0.1, 0.15) is 4.88 Å². The van der Waals surface area contributed by atoms with Gasteiger partial charge in [-0.2, -0.15) is 4.98 Å². The summed E-state index contributed by atoms with van der Waals surface area (Å²) in [6.07, 6.45) is 0. The fourth-order valence-corrected chi connectivity index (χ4v) is 2.42.